The number of amides is 1. The van der Waals surface area contributed by atoms with Crippen LogP contribution in [0.4, 0.5) is 5.69 Å². The van der Waals surface area contributed by atoms with Crippen molar-refractivity contribution >= 4 is 68.8 Å². The molecule has 38 heavy (non-hydrogen) atoms. The van der Waals surface area contributed by atoms with Crippen molar-refractivity contribution in [2.75, 3.05) is 19.1 Å². The molecule has 1 aromatic heterocycles. The number of Topliss-reactive ketones (excluding diaryl/α,β-unsaturated/α-hetero) is 1. The van der Waals surface area contributed by atoms with Crippen molar-refractivity contribution in [1.82, 2.24) is 4.98 Å². The number of benzene rings is 3. The average molecular weight is 572 g/mol. The van der Waals surface area contributed by atoms with E-state index in [9.17, 15) is 14.7 Å². The molecule has 1 aliphatic heterocycles. The molecule has 1 amide bonds. The lowest BCUT2D eigenvalue weighted by Gasteiger charge is -2.25. The highest BCUT2D eigenvalue weighted by molar-refractivity contribution is 6.52. The summed E-state index contributed by atoms with van der Waals surface area (Å²) in [7, 11) is 2.75. The van der Waals surface area contributed by atoms with Gasteiger partial charge in [-0.25, -0.2) is 0 Å². The summed E-state index contributed by atoms with van der Waals surface area (Å²) >= 11 is 19.2. The molecule has 4 aromatic rings. The maximum atomic E-state index is 13.6. The minimum atomic E-state index is -1.01. The van der Waals surface area contributed by atoms with Crippen molar-refractivity contribution in [3.8, 4) is 11.5 Å². The van der Waals surface area contributed by atoms with Crippen LogP contribution >= 0.6 is 34.8 Å². The number of para-hydroxylation sites is 1. The molecular weight excluding hydrogens is 551 g/mol. The largest absolute Gasteiger partial charge is 0.507 e. The van der Waals surface area contributed by atoms with Crippen LogP contribution in [0.5, 0.6) is 11.5 Å². The van der Waals surface area contributed by atoms with Crippen molar-refractivity contribution in [3.63, 3.8) is 0 Å². The Kier molecular flexibility index (Phi) is 6.77. The van der Waals surface area contributed by atoms with Gasteiger partial charge in [0, 0.05) is 33.4 Å². The van der Waals surface area contributed by atoms with Crippen LogP contribution in [0, 0.1) is 6.92 Å². The number of rotatable bonds is 5. The number of aromatic nitrogens is 1. The van der Waals surface area contributed by atoms with Crippen molar-refractivity contribution in [1.29, 1.82) is 0 Å². The topological polar surface area (TPSA) is 91.9 Å². The summed E-state index contributed by atoms with van der Waals surface area (Å²) < 4.78 is 10.7. The maximum Gasteiger partial charge on any atom is 0.300 e. The highest BCUT2D eigenvalue weighted by atomic mass is 35.5. The van der Waals surface area contributed by atoms with Gasteiger partial charge in [-0.3, -0.25) is 14.5 Å². The number of hydrogen-bond donors (Lipinski definition) is 2. The fourth-order valence-electron chi connectivity index (χ4n) is 4.74. The number of aliphatic hydroxyl groups is 1. The molecule has 2 N–H and O–H groups in total. The summed E-state index contributed by atoms with van der Waals surface area (Å²) in [4.78, 5) is 31.7. The van der Waals surface area contributed by atoms with Crippen molar-refractivity contribution in [2.45, 2.75) is 13.0 Å². The van der Waals surface area contributed by atoms with Crippen LogP contribution in [0.2, 0.25) is 15.1 Å². The monoisotopic (exact) mass is 570 g/mol. The third kappa shape index (κ3) is 3.98. The highest BCUT2D eigenvalue weighted by Gasteiger charge is 2.48. The molecular formula is C28H21Cl3N2O5. The Morgan fingerprint density at radius 2 is 1.68 bits per heavy atom. The number of aromatic amines is 1. The number of nitrogens with zero attached hydrogens (tertiary/aromatic N) is 1. The van der Waals surface area contributed by atoms with Gasteiger partial charge >= 0.3 is 0 Å². The van der Waals surface area contributed by atoms with Gasteiger partial charge in [0.2, 0.25) is 0 Å². The maximum absolute atomic E-state index is 13.6. The van der Waals surface area contributed by atoms with Gasteiger partial charge in [0.05, 0.1) is 36.4 Å². The van der Waals surface area contributed by atoms with E-state index < -0.39 is 23.5 Å². The smallest absolute Gasteiger partial charge is 0.300 e. The first-order valence-electron chi connectivity index (χ1n) is 11.4. The number of H-pyrrole nitrogens is 1. The minimum absolute atomic E-state index is 0.00670. The Labute approximate surface area is 233 Å². The van der Waals surface area contributed by atoms with E-state index in [1.165, 1.54) is 25.2 Å². The second-order valence-electron chi connectivity index (χ2n) is 8.68. The molecule has 0 aliphatic carbocycles. The third-order valence-corrected chi connectivity index (χ3v) is 7.62. The van der Waals surface area contributed by atoms with Gasteiger partial charge in [0.15, 0.2) is 11.5 Å². The predicted octanol–water partition coefficient (Wildman–Crippen LogP) is 7.08. The zero-order valence-electron chi connectivity index (χ0n) is 20.4. The zero-order chi connectivity index (χ0) is 27.3. The molecule has 1 fully saturated rings. The van der Waals surface area contributed by atoms with Crippen LogP contribution in [-0.2, 0) is 9.59 Å². The lowest BCUT2D eigenvalue weighted by Crippen LogP contribution is -2.29. The third-order valence-electron chi connectivity index (χ3n) is 6.59. The Morgan fingerprint density at radius 1 is 0.974 bits per heavy atom. The second kappa shape index (κ2) is 9.91. The lowest BCUT2D eigenvalue weighted by atomic mass is 9.94. The molecule has 1 aliphatic rings. The summed E-state index contributed by atoms with van der Waals surface area (Å²) in [6, 6.07) is 12.9. The fraction of sp³-hybridized carbons (Fsp3) is 0.143. The number of aryl methyl sites for hydroxylation is 1. The number of aliphatic hydroxyl groups excluding tert-OH is 1. The van der Waals surface area contributed by atoms with Crippen LogP contribution in [0.15, 0.2) is 60.3 Å². The van der Waals surface area contributed by atoms with E-state index in [0.717, 1.165) is 16.5 Å². The standard InChI is InChI=1S/C28H21Cl3N2O5/c1-13-8-9-14(10-18(13)29)33-23(17-12-32-20-7-5-4-6-15(17)20)21(25(35)28(33)36)24(34)16-11-19(30)27(38-3)22(31)26(16)37-2/h4-12,23,32,34H,1-3H3/b24-21+. The number of fused-ring (bicyclic) bond motifs is 1. The van der Waals surface area contributed by atoms with Crippen LogP contribution < -0.4 is 14.4 Å². The zero-order valence-corrected chi connectivity index (χ0v) is 22.7. The molecule has 10 heteroatoms. The molecule has 0 bridgehead atoms. The van der Waals surface area contributed by atoms with E-state index in [-0.39, 0.29) is 32.7 Å². The van der Waals surface area contributed by atoms with Crippen molar-refractivity contribution < 1.29 is 24.2 Å². The van der Waals surface area contributed by atoms with Crippen molar-refractivity contribution in [2.24, 2.45) is 0 Å². The van der Waals surface area contributed by atoms with E-state index in [1.807, 2.05) is 31.2 Å². The Hall–Kier alpha value is -3.65. The first kappa shape index (κ1) is 26.0. The van der Waals surface area contributed by atoms with Crippen LogP contribution in [0.3, 0.4) is 0 Å². The first-order valence-corrected chi connectivity index (χ1v) is 12.6. The molecule has 5 rings (SSSR count). The number of ketones is 1. The van der Waals surface area contributed by atoms with Crippen LogP contribution in [0.25, 0.3) is 16.7 Å². The molecule has 1 unspecified atom stereocenters. The van der Waals surface area contributed by atoms with Gasteiger partial charge in [-0.1, -0.05) is 59.1 Å². The Balaban J connectivity index is 1.83. The number of ether oxygens (including phenoxy) is 2. The van der Waals surface area contributed by atoms with E-state index in [1.54, 1.807) is 24.4 Å². The molecule has 0 radical (unpaired) electrons. The van der Waals surface area contributed by atoms with E-state index >= 15 is 0 Å². The molecule has 2 heterocycles. The summed E-state index contributed by atoms with van der Waals surface area (Å²) in [6.45, 7) is 1.83. The van der Waals surface area contributed by atoms with Gasteiger partial charge in [-0.15, -0.1) is 0 Å². The molecule has 1 saturated heterocycles. The molecule has 3 aromatic carbocycles. The van der Waals surface area contributed by atoms with Gasteiger partial charge < -0.3 is 19.6 Å². The molecule has 0 saturated carbocycles. The minimum Gasteiger partial charge on any atom is -0.507 e. The number of methoxy groups -OCH3 is 2. The molecule has 194 valence electrons. The number of carbonyl (C=O) groups is 2. The molecule has 1 atom stereocenters. The van der Waals surface area contributed by atoms with Crippen LogP contribution in [-0.4, -0.2) is 36.0 Å². The van der Waals surface area contributed by atoms with E-state index in [4.69, 9.17) is 44.3 Å². The van der Waals surface area contributed by atoms with Crippen LogP contribution in [0.1, 0.15) is 22.7 Å². The molecule has 0 spiro atoms. The summed E-state index contributed by atoms with van der Waals surface area (Å²) in [5.41, 5.74) is 2.48. The summed E-state index contributed by atoms with van der Waals surface area (Å²) in [5.74, 6) is -2.04. The van der Waals surface area contributed by atoms with Gasteiger partial charge in [0.1, 0.15) is 10.8 Å². The number of carbonyl (C=O) groups excluding carboxylic acids is 2. The average Bonchev–Trinajstić information content (AvgIpc) is 3.43. The van der Waals surface area contributed by atoms with Gasteiger partial charge in [0.25, 0.3) is 11.7 Å². The second-order valence-corrected chi connectivity index (χ2v) is 9.87. The SMILES string of the molecule is COc1c(Cl)cc(/C(O)=C2\C(=O)C(=O)N(c3ccc(C)c(Cl)c3)C2c2c[nH]c3ccccc23)c(OC)c1Cl. The van der Waals surface area contributed by atoms with Crippen molar-refractivity contribution in [3.05, 3.63) is 92.1 Å². The quantitative estimate of drug-likeness (QED) is 0.152. The highest BCUT2D eigenvalue weighted by Crippen LogP contribution is 2.49. The van der Waals surface area contributed by atoms with Gasteiger partial charge in [-0.2, -0.15) is 0 Å². The van der Waals surface area contributed by atoms with E-state index in [2.05, 4.69) is 4.98 Å². The predicted molar refractivity (Wildman–Crippen MR) is 149 cm³/mol. The number of hydrogen-bond acceptors (Lipinski definition) is 5. The Morgan fingerprint density at radius 3 is 2.37 bits per heavy atom. The number of anilines is 1. The summed E-state index contributed by atoms with van der Waals surface area (Å²) in [5, 5.41) is 12.9. The summed E-state index contributed by atoms with van der Waals surface area (Å²) in [6.07, 6.45) is 1.71. The molecule has 7 nitrogen and oxygen atoms in total. The number of nitrogens with one attached hydrogen (secondary N) is 1. The number of halogens is 3. The fourth-order valence-corrected chi connectivity index (χ4v) is 5.60. The lowest BCUT2D eigenvalue weighted by molar-refractivity contribution is -0.132. The van der Waals surface area contributed by atoms with Gasteiger partial charge in [-0.05, 0) is 36.8 Å². The first-order chi connectivity index (χ1) is 18.2. The Bertz CT molecular complexity index is 1660. The van der Waals surface area contributed by atoms with E-state index in [0.29, 0.717) is 16.3 Å². The normalized spacial score (nSPS) is 16.9.